The van der Waals surface area contributed by atoms with Gasteiger partial charge in [0.25, 0.3) is 0 Å². The molecule has 0 bridgehead atoms. The summed E-state index contributed by atoms with van der Waals surface area (Å²) in [5, 5.41) is 11.9. The average molecular weight is 267 g/mol. The van der Waals surface area contributed by atoms with Gasteiger partial charge in [-0.05, 0) is 38.3 Å². The van der Waals surface area contributed by atoms with E-state index in [9.17, 15) is 4.79 Å². The Morgan fingerprint density at radius 2 is 2.17 bits per heavy atom. The summed E-state index contributed by atoms with van der Waals surface area (Å²) in [6.07, 6.45) is 1.26. The Morgan fingerprint density at radius 1 is 1.44 bits per heavy atom. The van der Waals surface area contributed by atoms with Gasteiger partial charge in [0.2, 0.25) is 5.91 Å². The van der Waals surface area contributed by atoms with E-state index < -0.39 is 0 Å². The summed E-state index contributed by atoms with van der Waals surface area (Å²) >= 11 is 1.56. The summed E-state index contributed by atoms with van der Waals surface area (Å²) in [6.45, 7) is 4.44. The Bertz CT molecular complexity index is 380. The molecule has 0 radical (unpaired) electrons. The van der Waals surface area contributed by atoms with Crippen molar-refractivity contribution in [3.63, 3.8) is 0 Å². The van der Waals surface area contributed by atoms with Crippen LogP contribution in [0.25, 0.3) is 0 Å². The Kier molecular flexibility index (Phi) is 6.83. The number of hydrogen-bond acceptors (Lipinski definition) is 3. The fraction of sp³-hybridized carbons (Fsp3) is 0.500. The molecule has 0 fully saturated rings. The molecule has 1 unspecified atom stereocenters. The molecule has 0 aliphatic rings. The van der Waals surface area contributed by atoms with Crippen LogP contribution in [0.1, 0.15) is 25.3 Å². The number of hydrogen-bond donors (Lipinski definition) is 2. The van der Waals surface area contributed by atoms with Crippen molar-refractivity contribution in [2.75, 3.05) is 12.3 Å². The number of rotatable bonds is 7. The summed E-state index contributed by atoms with van der Waals surface area (Å²) in [7, 11) is 0. The highest BCUT2D eigenvalue weighted by molar-refractivity contribution is 8.00. The van der Waals surface area contributed by atoms with Gasteiger partial charge in [-0.15, -0.1) is 11.8 Å². The number of benzene rings is 1. The van der Waals surface area contributed by atoms with Gasteiger partial charge in [-0.1, -0.05) is 18.2 Å². The van der Waals surface area contributed by atoms with Crippen LogP contribution in [-0.2, 0) is 4.79 Å². The van der Waals surface area contributed by atoms with E-state index in [-0.39, 0.29) is 12.0 Å². The summed E-state index contributed by atoms with van der Waals surface area (Å²) in [5.74, 6) is 0.494. The number of carbonyl (C=O) groups excluding carboxylic acids is 1. The third-order valence-corrected chi connectivity index (χ3v) is 3.75. The molecule has 4 heteroatoms. The van der Waals surface area contributed by atoms with Gasteiger partial charge in [0, 0.05) is 11.4 Å². The summed E-state index contributed by atoms with van der Waals surface area (Å²) in [4.78, 5) is 12.7. The highest BCUT2D eigenvalue weighted by Crippen LogP contribution is 2.21. The standard InChI is InChI=1S/C14H21NO2S/c1-11-6-3-4-8-13(11)18-10-14(17)15-9-5-7-12(2)16/h3-4,6,8,12,16H,5,7,9-10H2,1-2H3,(H,15,17). The Morgan fingerprint density at radius 3 is 2.83 bits per heavy atom. The van der Waals surface area contributed by atoms with E-state index in [0.717, 1.165) is 17.7 Å². The van der Waals surface area contributed by atoms with Gasteiger partial charge in [-0.3, -0.25) is 4.79 Å². The smallest absolute Gasteiger partial charge is 0.230 e. The normalized spacial score (nSPS) is 12.2. The predicted molar refractivity (Wildman–Crippen MR) is 75.8 cm³/mol. The van der Waals surface area contributed by atoms with Crippen molar-refractivity contribution in [1.82, 2.24) is 5.32 Å². The van der Waals surface area contributed by atoms with E-state index in [0.29, 0.717) is 12.3 Å². The molecule has 3 nitrogen and oxygen atoms in total. The van der Waals surface area contributed by atoms with Gasteiger partial charge in [0.05, 0.1) is 11.9 Å². The van der Waals surface area contributed by atoms with Gasteiger partial charge in [-0.2, -0.15) is 0 Å². The third kappa shape index (κ3) is 6.07. The Balaban J connectivity index is 2.19. The maximum absolute atomic E-state index is 11.6. The summed E-state index contributed by atoms with van der Waals surface area (Å²) < 4.78 is 0. The van der Waals surface area contributed by atoms with Crippen molar-refractivity contribution in [1.29, 1.82) is 0 Å². The molecule has 100 valence electrons. The minimum atomic E-state index is -0.289. The molecule has 1 atom stereocenters. The number of nitrogens with one attached hydrogen (secondary N) is 1. The Labute approximate surface area is 113 Å². The highest BCUT2D eigenvalue weighted by atomic mass is 32.2. The second-order valence-corrected chi connectivity index (χ2v) is 5.41. The molecule has 2 N–H and O–H groups in total. The van der Waals surface area contributed by atoms with E-state index in [1.807, 2.05) is 31.2 Å². The van der Waals surface area contributed by atoms with Crippen LogP contribution in [0.15, 0.2) is 29.2 Å². The number of aliphatic hydroxyl groups is 1. The number of thioether (sulfide) groups is 1. The minimum Gasteiger partial charge on any atom is -0.393 e. The van der Waals surface area contributed by atoms with E-state index in [4.69, 9.17) is 5.11 Å². The van der Waals surface area contributed by atoms with Gasteiger partial charge in [-0.25, -0.2) is 0 Å². The molecular formula is C14H21NO2S. The molecule has 1 amide bonds. The number of amides is 1. The molecular weight excluding hydrogens is 246 g/mol. The number of aliphatic hydroxyl groups excluding tert-OH is 1. The highest BCUT2D eigenvalue weighted by Gasteiger charge is 2.04. The van der Waals surface area contributed by atoms with Crippen LogP contribution in [-0.4, -0.2) is 29.4 Å². The first-order chi connectivity index (χ1) is 8.59. The van der Waals surface area contributed by atoms with Crippen LogP contribution in [0.4, 0.5) is 0 Å². The fourth-order valence-corrected chi connectivity index (χ4v) is 2.40. The van der Waals surface area contributed by atoms with Gasteiger partial charge in [0.15, 0.2) is 0 Å². The molecule has 1 rings (SSSR count). The zero-order chi connectivity index (χ0) is 13.4. The van der Waals surface area contributed by atoms with E-state index >= 15 is 0 Å². The van der Waals surface area contributed by atoms with Gasteiger partial charge < -0.3 is 10.4 Å². The van der Waals surface area contributed by atoms with Crippen molar-refractivity contribution >= 4 is 17.7 Å². The van der Waals surface area contributed by atoms with Crippen LogP contribution in [0.3, 0.4) is 0 Å². The topological polar surface area (TPSA) is 49.3 Å². The summed E-state index contributed by atoms with van der Waals surface area (Å²) in [5.41, 5.74) is 1.20. The van der Waals surface area contributed by atoms with E-state index in [1.54, 1.807) is 18.7 Å². The zero-order valence-electron chi connectivity index (χ0n) is 11.0. The monoisotopic (exact) mass is 267 g/mol. The quantitative estimate of drug-likeness (QED) is 0.589. The molecule has 0 aliphatic carbocycles. The lowest BCUT2D eigenvalue weighted by molar-refractivity contribution is -0.118. The van der Waals surface area contributed by atoms with E-state index in [1.165, 1.54) is 5.56 Å². The number of carbonyl (C=O) groups is 1. The van der Waals surface area contributed by atoms with Crippen LogP contribution >= 0.6 is 11.8 Å². The first-order valence-electron chi connectivity index (χ1n) is 6.23. The molecule has 0 saturated carbocycles. The maximum Gasteiger partial charge on any atom is 0.230 e. The largest absolute Gasteiger partial charge is 0.393 e. The van der Waals surface area contributed by atoms with Gasteiger partial charge >= 0.3 is 0 Å². The van der Waals surface area contributed by atoms with Crippen molar-refractivity contribution in [3.8, 4) is 0 Å². The lowest BCUT2D eigenvalue weighted by Gasteiger charge is -2.07. The van der Waals surface area contributed by atoms with E-state index in [2.05, 4.69) is 5.32 Å². The van der Waals surface area contributed by atoms with Crippen molar-refractivity contribution in [3.05, 3.63) is 29.8 Å². The van der Waals surface area contributed by atoms with Crippen molar-refractivity contribution in [2.45, 2.75) is 37.7 Å². The SMILES string of the molecule is Cc1ccccc1SCC(=O)NCCCC(C)O. The first-order valence-corrected chi connectivity index (χ1v) is 7.21. The lowest BCUT2D eigenvalue weighted by Crippen LogP contribution is -2.26. The molecule has 0 aliphatic heterocycles. The average Bonchev–Trinajstić information content (AvgIpc) is 2.33. The molecule has 0 spiro atoms. The molecule has 0 aromatic heterocycles. The predicted octanol–water partition coefficient (Wildman–Crippen LogP) is 2.36. The fourth-order valence-electron chi connectivity index (χ4n) is 1.54. The van der Waals surface area contributed by atoms with Gasteiger partial charge in [0.1, 0.15) is 0 Å². The molecule has 18 heavy (non-hydrogen) atoms. The molecule has 0 saturated heterocycles. The van der Waals surface area contributed by atoms with Crippen LogP contribution in [0.2, 0.25) is 0 Å². The second-order valence-electron chi connectivity index (χ2n) is 4.40. The molecule has 1 aromatic rings. The minimum absolute atomic E-state index is 0.0499. The van der Waals surface area contributed by atoms with Crippen molar-refractivity contribution < 1.29 is 9.90 Å². The summed E-state index contributed by atoms with van der Waals surface area (Å²) in [6, 6.07) is 8.05. The van der Waals surface area contributed by atoms with Crippen LogP contribution < -0.4 is 5.32 Å². The molecule has 0 heterocycles. The van der Waals surface area contributed by atoms with Crippen LogP contribution in [0.5, 0.6) is 0 Å². The zero-order valence-corrected chi connectivity index (χ0v) is 11.8. The maximum atomic E-state index is 11.6. The van der Waals surface area contributed by atoms with Crippen molar-refractivity contribution in [2.24, 2.45) is 0 Å². The van der Waals surface area contributed by atoms with Crippen LogP contribution in [0, 0.1) is 6.92 Å². The lowest BCUT2D eigenvalue weighted by atomic mass is 10.2. The third-order valence-electron chi connectivity index (χ3n) is 2.57. The Hall–Kier alpha value is -1.00. The first kappa shape index (κ1) is 15.1. The number of aryl methyl sites for hydroxylation is 1. The second kappa shape index (κ2) is 8.16. The molecule has 1 aromatic carbocycles.